The van der Waals surface area contributed by atoms with Crippen molar-refractivity contribution in [2.75, 3.05) is 6.54 Å². The molecule has 4 fully saturated rings. The van der Waals surface area contributed by atoms with Gasteiger partial charge in [0.05, 0.1) is 6.10 Å². The first kappa shape index (κ1) is 11.0. The van der Waals surface area contributed by atoms with Crippen molar-refractivity contribution in [2.45, 2.75) is 58.0 Å². The molecule has 4 rings (SSSR count). The Morgan fingerprint density at radius 1 is 1.25 bits per heavy atom. The molecular weight excluding hydrogens is 198 g/mol. The Kier molecular flexibility index (Phi) is 2.38. The van der Waals surface area contributed by atoms with Gasteiger partial charge in [-0.25, -0.2) is 0 Å². The van der Waals surface area contributed by atoms with Crippen molar-refractivity contribution in [1.82, 2.24) is 0 Å². The summed E-state index contributed by atoms with van der Waals surface area (Å²) < 4.78 is 0. The fourth-order valence-electron chi connectivity index (χ4n) is 5.58. The van der Waals surface area contributed by atoms with Crippen LogP contribution >= 0.6 is 0 Å². The van der Waals surface area contributed by atoms with Crippen molar-refractivity contribution in [3.8, 4) is 0 Å². The Hall–Kier alpha value is -0.0800. The van der Waals surface area contributed by atoms with E-state index < -0.39 is 0 Å². The van der Waals surface area contributed by atoms with Crippen LogP contribution in [0.2, 0.25) is 0 Å². The average molecular weight is 223 g/mol. The first-order valence-electron chi connectivity index (χ1n) is 6.99. The van der Waals surface area contributed by atoms with Crippen molar-refractivity contribution in [3.63, 3.8) is 0 Å². The quantitative estimate of drug-likeness (QED) is 0.771. The number of aliphatic hydroxyl groups is 1. The fourth-order valence-corrected chi connectivity index (χ4v) is 5.58. The van der Waals surface area contributed by atoms with Crippen LogP contribution in [0.3, 0.4) is 0 Å². The molecule has 4 bridgehead atoms. The van der Waals surface area contributed by atoms with Gasteiger partial charge in [-0.3, -0.25) is 0 Å². The SMILES string of the molecule is CCC12CC3CC(C1)CC(C(O)CN)(C3)C2. The first-order chi connectivity index (χ1) is 7.61. The van der Waals surface area contributed by atoms with Crippen LogP contribution in [-0.2, 0) is 0 Å². The summed E-state index contributed by atoms with van der Waals surface area (Å²) in [6.07, 6.45) is 9.11. The second kappa shape index (κ2) is 3.46. The third-order valence-electron chi connectivity index (χ3n) is 5.91. The van der Waals surface area contributed by atoms with Crippen LogP contribution in [0.4, 0.5) is 0 Å². The van der Waals surface area contributed by atoms with Crippen LogP contribution in [0.15, 0.2) is 0 Å². The molecule has 0 heterocycles. The van der Waals surface area contributed by atoms with E-state index in [2.05, 4.69) is 6.92 Å². The monoisotopic (exact) mass is 223 g/mol. The molecule has 0 aromatic heterocycles. The second-order valence-electron chi connectivity index (χ2n) is 6.93. The molecule has 0 amide bonds. The molecule has 2 heteroatoms. The number of aliphatic hydroxyl groups excluding tert-OH is 1. The van der Waals surface area contributed by atoms with Crippen LogP contribution in [0.1, 0.15) is 51.9 Å². The molecule has 2 nitrogen and oxygen atoms in total. The van der Waals surface area contributed by atoms with Gasteiger partial charge in [0.25, 0.3) is 0 Å². The molecule has 3 N–H and O–H groups in total. The zero-order valence-electron chi connectivity index (χ0n) is 10.4. The summed E-state index contributed by atoms with van der Waals surface area (Å²) in [5.74, 6) is 1.78. The van der Waals surface area contributed by atoms with Gasteiger partial charge in [-0.15, -0.1) is 0 Å². The van der Waals surface area contributed by atoms with E-state index in [4.69, 9.17) is 5.73 Å². The molecule has 4 aliphatic rings. The standard InChI is InChI=1S/C14H25NO/c1-2-13-4-10-3-11(5-13)7-14(6-10,9-13)12(16)8-15/h10-12,16H,2-9,15H2,1H3. The number of rotatable bonds is 3. The van der Waals surface area contributed by atoms with Gasteiger partial charge >= 0.3 is 0 Å². The predicted molar refractivity (Wildman–Crippen MR) is 64.9 cm³/mol. The molecule has 0 aromatic rings. The molecular formula is C14H25NO. The Labute approximate surface area is 98.6 Å². The highest BCUT2D eigenvalue weighted by atomic mass is 16.3. The maximum absolute atomic E-state index is 10.3. The van der Waals surface area contributed by atoms with Gasteiger partial charge in [0.15, 0.2) is 0 Å². The lowest BCUT2D eigenvalue weighted by Crippen LogP contribution is -2.57. The minimum atomic E-state index is -0.246. The highest BCUT2D eigenvalue weighted by molar-refractivity contribution is 5.09. The third kappa shape index (κ3) is 1.39. The second-order valence-corrected chi connectivity index (χ2v) is 6.93. The van der Waals surface area contributed by atoms with Crippen LogP contribution in [0, 0.1) is 22.7 Å². The molecule has 92 valence electrons. The Bertz CT molecular complexity index is 274. The summed E-state index contributed by atoms with van der Waals surface area (Å²) in [5, 5.41) is 10.3. The van der Waals surface area contributed by atoms with Crippen LogP contribution < -0.4 is 5.73 Å². The summed E-state index contributed by atoms with van der Waals surface area (Å²) >= 11 is 0. The largest absolute Gasteiger partial charge is 0.391 e. The van der Waals surface area contributed by atoms with Gasteiger partial charge in [0.1, 0.15) is 0 Å². The third-order valence-corrected chi connectivity index (χ3v) is 5.91. The lowest BCUT2D eigenvalue weighted by Gasteiger charge is -2.63. The van der Waals surface area contributed by atoms with E-state index in [1.54, 1.807) is 0 Å². The molecule has 0 spiro atoms. The van der Waals surface area contributed by atoms with Crippen molar-refractivity contribution in [1.29, 1.82) is 0 Å². The molecule has 3 unspecified atom stereocenters. The molecule has 0 aliphatic heterocycles. The first-order valence-corrected chi connectivity index (χ1v) is 6.99. The smallest absolute Gasteiger partial charge is 0.0718 e. The van der Waals surface area contributed by atoms with Gasteiger partial charge in [0, 0.05) is 6.54 Å². The lowest BCUT2D eigenvalue weighted by atomic mass is 9.42. The number of hydrogen-bond acceptors (Lipinski definition) is 2. The van der Waals surface area contributed by atoms with Gasteiger partial charge < -0.3 is 10.8 Å². The molecule has 3 atom stereocenters. The predicted octanol–water partition coefficient (Wildman–Crippen LogP) is 2.30. The number of hydrogen-bond donors (Lipinski definition) is 2. The van der Waals surface area contributed by atoms with Crippen molar-refractivity contribution in [2.24, 2.45) is 28.4 Å². The van der Waals surface area contributed by atoms with Crippen LogP contribution in [0.5, 0.6) is 0 Å². The molecule has 4 saturated carbocycles. The molecule has 4 aliphatic carbocycles. The summed E-state index contributed by atoms with van der Waals surface area (Å²) in [6.45, 7) is 2.80. The Balaban J connectivity index is 1.92. The Morgan fingerprint density at radius 3 is 2.38 bits per heavy atom. The van der Waals surface area contributed by atoms with E-state index in [0.717, 1.165) is 11.8 Å². The van der Waals surface area contributed by atoms with Crippen molar-refractivity contribution < 1.29 is 5.11 Å². The maximum atomic E-state index is 10.3. The van der Waals surface area contributed by atoms with E-state index in [1.807, 2.05) is 0 Å². The highest BCUT2D eigenvalue weighted by Gasteiger charge is 2.58. The Morgan fingerprint density at radius 2 is 1.88 bits per heavy atom. The van der Waals surface area contributed by atoms with Gasteiger partial charge in [0.2, 0.25) is 0 Å². The maximum Gasteiger partial charge on any atom is 0.0718 e. The molecule has 0 saturated heterocycles. The number of nitrogens with two attached hydrogens (primary N) is 1. The highest BCUT2D eigenvalue weighted by Crippen LogP contribution is 2.67. The zero-order chi connectivity index (χ0) is 11.4. The minimum Gasteiger partial charge on any atom is -0.391 e. The van der Waals surface area contributed by atoms with Crippen molar-refractivity contribution in [3.05, 3.63) is 0 Å². The topological polar surface area (TPSA) is 46.2 Å². The van der Waals surface area contributed by atoms with E-state index in [9.17, 15) is 5.11 Å². The van der Waals surface area contributed by atoms with Gasteiger partial charge in [-0.1, -0.05) is 13.3 Å². The molecule has 0 radical (unpaired) electrons. The van der Waals surface area contributed by atoms with Crippen LogP contribution in [-0.4, -0.2) is 17.8 Å². The normalized spacial score (nSPS) is 51.9. The van der Waals surface area contributed by atoms with Gasteiger partial charge in [-0.05, 0) is 61.2 Å². The van der Waals surface area contributed by atoms with Crippen molar-refractivity contribution >= 4 is 0 Å². The van der Waals surface area contributed by atoms with E-state index in [1.165, 1.54) is 44.9 Å². The van der Waals surface area contributed by atoms with Gasteiger partial charge in [-0.2, -0.15) is 0 Å². The summed E-state index contributed by atoms with van der Waals surface area (Å²) in [7, 11) is 0. The minimum absolute atomic E-state index is 0.203. The van der Waals surface area contributed by atoms with E-state index in [0.29, 0.717) is 12.0 Å². The average Bonchev–Trinajstić information content (AvgIpc) is 2.26. The van der Waals surface area contributed by atoms with E-state index in [-0.39, 0.29) is 11.5 Å². The molecule has 0 aromatic carbocycles. The summed E-state index contributed by atoms with van der Waals surface area (Å²) in [5.41, 5.74) is 6.50. The zero-order valence-corrected chi connectivity index (χ0v) is 10.4. The lowest BCUT2D eigenvalue weighted by molar-refractivity contribution is -0.157. The summed E-state index contributed by atoms with van der Waals surface area (Å²) in [4.78, 5) is 0. The fraction of sp³-hybridized carbons (Fsp3) is 1.00. The molecule has 16 heavy (non-hydrogen) atoms. The summed E-state index contributed by atoms with van der Waals surface area (Å²) in [6, 6.07) is 0. The van der Waals surface area contributed by atoms with E-state index >= 15 is 0 Å². The van der Waals surface area contributed by atoms with Crippen LogP contribution in [0.25, 0.3) is 0 Å².